The van der Waals surface area contributed by atoms with Crippen LogP contribution in [0.15, 0.2) is 36.5 Å². The highest BCUT2D eigenvalue weighted by molar-refractivity contribution is 5.93. The lowest BCUT2D eigenvalue weighted by atomic mass is 9.62. The minimum Gasteiger partial charge on any atom is -0.444 e. The molecule has 2 heterocycles. The van der Waals surface area contributed by atoms with Gasteiger partial charge in [-0.1, -0.05) is 45.0 Å². The molecule has 1 aliphatic rings. The van der Waals surface area contributed by atoms with Gasteiger partial charge in [0.15, 0.2) is 5.84 Å². The van der Waals surface area contributed by atoms with E-state index in [1.54, 1.807) is 10.4 Å². The summed E-state index contributed by atoms with van der Waals surface area (Å²) in [5.74, 6) is -0.00427. The van der Waals surface area contributed by atoms with Crippen molar-refractivity contribution in [2.45, 2.75) is 58.7 Å². The van der Waals surface area contributed by atoms with Gasteiger partial charge in [0.25, 0.3) is 0 Å². The predicted molar refractivity (Wildman–Crippen MR) is 123 cm³/mol. The first-order chi connectivity index (χ1) is 15.3. The van der Waals surface area contributed by atoms with E-state index in [-0.39, 0.29) is 24.6 Å². The summed E-state index contributed by atoms with van der Waals surface area (Å²) in [7, 11) is 0. The molecule has 3 rings (SSSR count). The molecule has 0 unspecified atom stereocenters. The monoisotopic (exact) mass is 455 g/mol. The van der Waals surface area contributed by atoms with Crippen molar-refractivity contribution in [3.05, 3.63) is 58.9 Å². The van der Waals surface area contributed by atoms with Gasteiger partial charge < -0.3 is 14.7 Å². The zero-order chi connectivity index (χ0) is 24.6. The molecular formula is C24H33N5O4. The number of nitrogens with zero attached hydrogens (tertiary/aromatic N) is 3. The maximum atomic E-state index is 12.6. The van der Waals surface area contributed by atoms with Gasteiger partial charge in [-0.05, 0) is 43.9 Å². The fourth-order valence-corrected chi connectivity index (χ4v) is 4.20. The number of hydrogen-bond acceptors (Lipinski definition) is 7. The van der Waals surface area contributed by atoms with E-state index in [4.69, 9.17) is 15.4 Å². The van der Waals surface area contributed by atoms with Gasteiger partial charge in [-0.2, -0.15) is 5.10 Å². The lowest BCUT2D eigenvalue weighted by Gasteiger charge is -2.56. The Hall–Kier alpha value is -3.04. The van der Waals surface area contributed by atoms with Gasteiger partial charge in [0.1, 0.15) is 16.9 Å². The van der Waals surface area contributed by atoms with Crippen molar-refractivity contribution in [1.29, 1.82) is 5.41 Å². The van der Waals surface area contributed by atoms with Crippen LogP contribution in [0.2, 0.25) is 0 Å². The number of nitrogens with one attached hydrogen (secondary N) is 2. The van der Waals surface area contributed by atoms with Crippen molar-refractivity contribution in [3.63, 3.8) is 0 Å². The summed E-state index contributed by atoms with van der Waals surface area (Å²) in [6, 6.07) is 9.24. The maximum Gasteiger partial charge on any atom is 0.410 e. The van der Waals surface area contributed by atoms with Crippen LogP contribution in [0.3, 0.4) is 0 Å². The molecule has 0 spiro atoms. The Morgan fingerprint density at radius 3 is 2.33 bits per heavy atom. The zero-order valence-electron chi connectivity index (χ0n) is 20.0. The molecule has 0 aliphatic carbocycles. The average molecular weight is 456 g/mol. The number of aromatic nitrogens is 2. The Balaban J connectivity index is 2.04. The van der Waals surface area contributed by atoms with Crippen LogP contribution in [-0.2, 0) is 10.3 Å². The number of ether oxygens (including phenoxy) is 1. The number of carbonyl (C=O) groups excluding carboxylic acids is 1. The number of benzene rings is 1. The standard InChI is InChI=1S/C24H33N5O4/c1-15(2)16-7-9-17(10-8-16)24(31,18-11-19(20(25)28-32)27-26-12-18)23(6)13-29(14-23)21(30)33-22(3,4)5/h7-12,15,31-32H,13-14H2,1-6H3,(H2,25,28)/t24-/m0/s1. The Labute approximate surface area is 194 Å². The van der Waals surface area contributed by atoms with E-state index >= 15 is 0 Å². The average Bonchev–Trinajstić information content (AvgIpc) is 2.74. The van der Waals surface area contributed by atoms with E-state index in [2.05, 4.69) is 24.0 Å². The van der Waals surface area contributed by atoms with Crippen molar-refractivity contribution in [3.8, 4) is 0 Å². The number of hydrogen-bond donors (Lipinski definition) is 4. The number of likely N-dealkylation sites (tertiary alicyclic amines) is 1. The SMILES string of the molecule is CC(C)c1ccc([C@](O)(c2cnnc(C(=N)NO)c2)C2(C)CN(C(=O)OC(C)(C)C)C2)cc1. The highest BCUT2D eigenvalue weighted by Crippen LogP contribution is 2.50. The van der Waals surface area contributed by atoms with E-state index in [1.165, 1.54) is 12.3 Å². The number of amides is 1. The van der Waals surface area contributed by atoms with Crippen molar-refractivity contribution < 1.29 is 19.8 Å². The second kappa shape index (κ2) is 8.72. The van der Waals surface area contributed by atoms with E-state index in [9.17, 15) is 9.90 Å². The largest absolute Gasteiger partial charge is 0.444 e. The number of aliphatic hydroxyl groups is 1. The van der Waals surface area contributed by atoms with Crippen molar-refractivity contribution in [1.82, 2.24) is 20.6 Å². The smallest absolute Gasteiger partial charge is 0.410 e. The molecule has 1 fully saturated rings. The molecule has 9 nitrogen and oxygen atoms in total. The molecule has 9 heteroatoms. The van der Waals surface area contributed by atoms with Crippen molar-refractivity contribution in [2.24, 2.45) is 5.41 Å². The van der Waals surface area contributed by atoms with Crippen LogP contribution >= 0.6 is 0 Å². The highest BCUT2D eigenvalue weighted by atomic mass is 16.6. The third-order valence-corrected chi connectivity index (χ3v) is 6.04. The van der Waals surface area contributed by atoms with Gasteiger partial charge >= 0.3 is 6.09 Å². The summed E-state index contributed by atoms with van der Waals surface area (Å²) in [6.45, 7) is 12.1. The Morgan fingerprint density at radius 1 is 1.21 bits per heavy atom. The van der Waals surface area contributed by atoms with Gasteiger partial charge in [0.05, 0.1) is 6.20 Å². The lowest BCUT2D eigenvalue weighted by molar-refractivity contribution is -0.131. The van der Waals surface area contributed by atoms with E-state index in [0.29, 0.717) is 17.0 Å². The molecule has 178 valence electrons. The first-order valence-electron chi connectivity index (χ1n) is 10.9. The zero-order valence-corrected chi connectivity index (χ0v) is 20.0. The van der Waals surface area contributed by atoms with Crippen LogP contribution in [0.4, 0.5) is 4.79 Å². The molecule has 2 aromatic rings. The van der Waals surface area contributed by atoms with E-state index in [1.807, 2.05) is 52.0 Å². The van der Waals surface area contributed by atoms with Crippen molar-refractivity contribution in [2.75, 3.05) is 13.1 Å². The highest BCUT2D eigenvalue weighted by Gasteiger charge is 2.58. The number of rotatable bonds is 5. The molecule has 0 saturated carbocycles. The van der Waals surface area contributed by atoms with Crippen LogP contribution in [0.1, 0.15) is 69.8 Å². The van der Waals surface area contributed by atoms with Gasteiger partial charge in [0, 0.05) is 24.1 Å². The third kappa shape index (κ3) is 4.69. The molecule has 33 heavy (non-hydrogen) atoms. The van der Waals surface area contributed by atoms with Crippen LogP contribution in [0, 0.1) is 10.8 Å². The second-order valence-electron chi connectivity index (χ2n) is 10.2. The Morgan fingerprint density at radius 2 is 1.82 bits per heavy atom. The summed E-state index contributed by atoms with van der Waals surface area (Å²) in [4.78, 5) is 14.1. The van der Waals surface area contributed by atoms with Crippen molar-refractivity contribution >= 4 is 11.9 Å². The topological polar surface area (TPSA) is 132 Å². The quantitative estimate of drug-likeness (QED) is 0.309. The van der Waals surface area contributed by atoms with Gasteiger partial charge in [0.2, 0.25) is 0 Å². The first kappa shape index (κ1) is 24.6. The Bertz CT molecular complexity index is 1030. The Kier molecular flexibility index (Phi) is 6.50. The van der Waals surface area contributed by atoms with Crippen LogP contribution < -0.4 is 5.48 Å². The maximum absolute atomic E-state index is 12.6. The first-order valence-corrected chi connectivity index (χ1v) is 10.9. The van der Waals surface area contributed by atoms with Gasteiger partial charge in [-0.3, -0.25) is 16.1 Å². The molecule has 1 aromatic heterocycles. The van der Waals surface area contributed by atoms with Gasteiger partial charge in [-0.25, -0.2) is 4.79 Å². The molecule has 1 aromatic carbocycles. The van der Waals surface area contributed by atoms with E-state index in [0.717, 1.165) is 5.56 Å². The molecular weight excluding hydrogens is 422 g/mol. The lowest BCUT2D eigenvalue weighted by Crippen LogP contribution is -2.66. The number of carbonyl (C=O) groups is 1. The fourth-order valence-electron chi connectivity index (χ4n) is 4.20. The summed E-state index contributed by atoms with van der Waals surface area (Å²) in [5, 5.41) is 37.1. The minimum atomic E-state index is -1.54. The van der Waals surface area contributed by atoms with Crippen LogP contribution in [0.5, 0.6) is 0 Å². The fraction of sp³-hybridized carbons (Fsp3) is 0.500. The normalized spacial score (nSPS) is 17.2. The summed E-state index contributed by atoms with van der Waals surface area (Å²) >= 11 is 0. The molecule has 1 saturated heterocycles. The molecule has 1 amide bonds. The van der Waals surface area contributed by atoms with Crippen LogP contribution in [0.25, 0.3) is 0 Å². The minimum absolute atomic E-state index is 0.0825. The molecule has 1 aliphatic heterocycles. The number of hydroxylamine groups is 1. The molecule has 0 bridgehead atoms. The predicted octanol–water partition coefficient (Wildman–Crippen LogP) is 3.40. The molecule has 1 atom stereocenters. The van der Waals surface area contributed by atoms with Gasteiger partial charge in [-0.15, -0.1) is 5.10 Å². The second-order valence-corrected chi connectivity index (χ2v) is 10.2. The summed E-state index contributed by atoms with van der Waals surface area (Å²) in [5.41, 5.74) is 1.11. The van der Waals surface area contributed by atoms with Crippen LogP contribution in [-0.4, -0.2) is 56.0 Å². The van der Waals surface area contributed by atoms with E-state index < -0.39 is 22.7 Å². The summed E-state index contributed by atoms with van der Waals surface area (Å²) < 4.78 is 5.49. The third-order valence-electron chi connectivity index (χ3n) is 6.04. The number of amidine groups is 1. The molecule has 0 radical (unpaired) electrons. The summed E-state index contributed by atoms with van der Waals surface area (Å²) in [6.07, 6.45) is 1.02. The molecule has 4 N–H and O–H groups in total.